The molecule has 132 valence electrons. The van der Waals surface area contributed by atoms with Crippen LogP contribution >= 0.6 is 11.6 Å². The Morgan fingerprint density at radius 3 is 2.58 bits per heavy atom. The van der Waals surface area contributed by atoms with E-state index in [2.05, 4.69) is 5.32 Å². The third kappa shape index (κ3) is 3.29. The van der Waals surface area contributed by atoms with Crippen molar-refractivity contribution in [3.8, 4) is 5.75 Å². The number of carbonyl (C=O) groups is 3. The molecular weight excluding hydrogens is 363 g/mol. The minimum Gasteiger partial charge on any atom is -0.495 e. The Hall–Kier alpha value is -3.19. The molecule has 2 aromatic rings. The molecule has 4 amide bonds. The number of barbiturate groups is 1. The smallest absolute Gasteiger partial charge is 0.335 e. The maximum atomic E-state index is 13.4. The van der Waals surface area contributed by atoms with Gasteiger partial charge in [-0.25, -0.2) is 14.1 Å². The maximum Gasteiger partial charge on any atom is 0.335 e. The number of amides is 4. The fourth-order valence-electron chi connectivity index (χ4n) is 2.45. The van der Waals surface area contributed by atoms with E-state index in [1.54, 1.807) is 12.1 Å². The summed E-state index contributed by atoms with van der Waals surface area (Å²) in [5, 5.41) is 2.36. The number of imide groups is 2. The summed E-state index contributed by atoms with van der Waals surface area (Å²) in [5.41, 5.74) is 0.191. The number of benzene rings is 2. The van der Waals surface area contributed by atoms with Crippen molar-refractivity contribution in [3.63, 3.8) is 0 Å². The second kappa shape index (κ2) is 6.97. The predicted molar refractivity (Wildman–Crippen MR) is 93.4 cm³/mol. The van der Waals surface area contributed by atoms with E-state index in [1.165, 1.54) is 37.5 Å². The first kappa shape index (κ1) is 17.6. The Morgan fingerprint density at radius 1 is 1.15 bits per heavy atom. The summed E-state index contributed by atoms with van der Waals surface area (Å²) in [6, 6.07) is 8.68. The van der Waals surface area contributed by atoms with Crippen molar-refractivity contribution in [2.75, 3.05) is 12.0 Å². The molecule has 3 rings (SSSR count). The molecule has 1 N–H and O–H groups in total. The molecule has 6 nitrogen and oxygen atoms in total. The molecule has 0 unspecified atom stereocenters. The van der Waals surface area contributed by atoms with Gasteiger partial charge in [-0.2, -0.15) is 0 Å². The quantitative estimate of drug-likeness (QED) is 0.661. The minimum absolute atomic E-state index is 0.0127. The number of hydrogen-bond acceptors (Lipinski definition) is 4. The number of carbonyl (C=O) groups excluding carboxylic acids is 3. The molecule has 0 radical (unpaired) electrons. The lowest BCUT2D eigenvalue weighted by Gasteiger charge is -2.26. The van der Waals surface area contributed by atoms with Gasteiger partial charge >= 0.3 is 6.03 Å². The first-order valence-corrected chi connectivity index (χ1v) is 7.79. The van der Waals surface area contributed by atoms with Gasteiger partial charge in [-0.05, 0) is 42.0 Å². The molecule has 1 fully saturated rings. The summed E-state index contributed by atoms with van der Waals surface area (Å²) in [5.74, 6) is -1.90. The van der Waals surface area contributed by atoms with Crippen LogP contribution in [0.5, 0.6) is 5.75 Å². The van der Waals surface area contributed by atoms with Gasteiger partial charge in [0.1, 0.15) is 17.1 Å². The van der Waals surface area contributed by atoms with Gasteiger partial charge in [-0.15, -0.1) is 0 Å². The van der Waals surface area contributed by atoms with Gasteiger partial charge in [0.15, 0.2) is 0 Å². The first-order chi connectivity index (χ1) is 12.4. The molecule has 1 aliphatic heterocycles. The molecule has 8 heteroatoms. The van der Waals surface area contributed by atoms with Gasteiger partial charge in [-0.1, -0.05) is 23.7 Å². The van der Waals surface area contributed by atoms with Crippen LogP contribution in [-0.4, -0.2) is 25.0 Å². The highest BCUT2D eigenvalue weighted by molar-refractivity contribution is 6.39. The standard InChI is InChI=1S/C18H12ClFN2O4/c1-26-15-6-5-10(8-14(15)19)7-13-16(23)21-18(25)22(17(13)24)12-4-2-3-11(20)9-12/h2-9H,1H3,(H,21,23,25)/b13-7-. The van der Waals surface area contributed by atoms with E-state index in [0.717, 1.165) is 6.07 Å². The van der Waals surface area contributed by atoms with Crippen molar-refractivity contribution < 1.29 is 23.5 Å². The van der Waals surface area contributed by atoms with Crippen molar-refractivity contribution in [2.24, 2.45) is 0 Å². The Kier molecular flexibility index (Phi) is 4.73. The molecule has 0 aromatic heterocycles. The van der Waals surface area contributed by atoms with Crippen LogP contribution in [-0.2, 0) is 9.59 Å². The number of nitrogens with one attached hydrogen (secondary N) is 1. The van der Waals surface area contributed by atoms with E-state index in [4.69, 9.17) is 16.3 Å². The number of ether oxygens (including phenoxy) is 1. The summed E-state index contributed by atoms with van der Waals surface area (Å²) in [6.07, 6.45) is 1.29. The SMILES string of the molecule is COc1ccc(/C=C2/C(=O)NC(=O)N(c3cccc(F)c3)C2=O)cc1Cl. The lowest BCUT2D eigenvalue weighted by molar-refractivity contribution is -0.122. The second-order valence-electron chi connectivity index (χ2n) is 5.33. The average Bonchev–Trinajstić information content (AvgIpc) is 2.58. The summed E-state index contributed by atoms with van der Waals surface area (Å²) in [7, 11) is 1.46. The van der Waals surface area contributed by atoms with Crippen molar-refractivity contribution in [1.29, 1.82) is 0 Å². The van der Waals surface area contributed by atoms with Crippen LogP contribution in [0.2, 0.25) is 5.02 Å². The maximum absolute atomic E-state index is 13.4. The molecule has 0 saturated carbocycles. The number of nitrogens with zero attached hydrogens (tertiary/aromatic N) is 1. The highest BCUT2D eigenvalue weighted by Gasteiger charge is 2.36. The molecule has 0 atom stereocenters. The highest BCUT2D eigenvalue weighted by Crippen LogP contribution is 2.27. The van der Waals surface area contributed by atoms with Crippen LogP contribution in [0.4, 0.5) is 14.9 Å². The Labute approximate surface area is 152 Å². The molecule has 2 aromatic carbocycles. The topological polar surface area (TPSA) is 75.7 Å². The number of halogens is 2. The molecule has 0 spiro atoms. The van der Waals surface area contributed by atoms with Crippen LogP contribution < -0.4 is 15.0 Å². The van der Waals surface area contributed by atoms with E-state index in [9.17, 15) is 18.8 Å². The third-order valence-corrected chi connectivity index (χ3v) is 3.95. The van der Waals surface area contributed by atoms with E-state index < -0.39 is 23.7 Å². The Bertz CT molecular complexity index is 958. The van der Waals surface area contributed by atoms with Gasteiger partial charge in [0.25, 0.3) is 11.8 Å². The van der Waals surface area contributed by atoms with Gasteiger partial charge in [0.05, 0.1) is 17.8 Å². The molecule has 0 bridgehead atoms. The van der Waals surface area contributed by atoms with Crippen LogP contribution in [0.3, 0.4) is 0 Å². The van der Waals surface area contributed by atoms with Gasteiger partial charge in [0.2, 0.25) is 0 Å². The van der Waals surface area contributed by atoms with Gasteiger partial charge in [0, 0.05) is 0 Å². The summed E-state index contributed by atoms with van der Waals surface area (Å²) in [4.78, 5) is 37.5. The summed E-state index contributed by atoms with van der Waals surface area (Å²) in [6.45, 7) is 0. The fraction of sp³-hybridized carbons (Fsp3) is 0.0556. The van der Waals surface area contributed by atoms with E-state index >= 15 is 0 Å². The number of anilines is 1. The number of rotatable bonds is 3. The summed E-state index contributed by atoms with van der Waals surface area (Å²) < 4.78 is 18.5. The highest BCUT2D eigenvalue weighted by atomic mass is 35.5. The molecule has 1 saturated heterocycles. The van der Waals surface area contributed by atoms with E-state index in [-0.39, 0.29) is 11.3 Å². The molecule has 1 heterocycles. The lowest BCUT2D eigenvalue weighted by atomic mass is 10.1. The first-order valence-electron chi connectivity index (χ1n) is 7.41. The minimum atomic E-state index is -0.949. The normalized spacial score (nSPS) is 16.0. The summed E-state index contributed by atoms with van der Waals surface area (Å²) >= 11 is 6.04. The number of urea groups is 1. The average molecular weight is 375 g/mol. The van der Waals surface area contributed by atoms with Crippen LogP contribution in [0.25, 0.3) is 6.08 Å². The monoisotopic (exact) mass is 374 g/mol. The third-order valence-electron chi connectivity index (χ3n) is 3.65. The zero-order chi connectivity index (χ0) is 18.8. The molecule has 0 aliphatic carbocycles. The van der Waals surface area contributed by atoms with Gasteiger partial charge in [-0.3, -0.25) is 14.9 Å². The Morgan fingerprint density at radius 2 is 1.92 bits per heavy atom. The zero-order valence-electron chi connectivity index (χ0n) is 13.5. The predicted octanol–water partition coefficient (Wildman–Crippen LogP) is 3.15. The van der Waals surface area contributed by atoms with Gasteiger partial charge < -0.3 is 4.74 Å². The van der Waals surface area contributed by atoms with Crippen molar-refractivity contribution in [1.82, 2.24) is 5.32 Å². The Balaban J connectivity index is 2.01. The van der Waals surface area contributed by atoms with Crippen molar-refractivity contribution in [3.05, 3.63) is 64.4 Å². The van der Waals surface area contributed by atoms with Crippen LogP contribution in [0.15, 0.2) is 48.0 Å². The van der Waals surface area contributed by atoms with E-state index in [1.807, 2.05) is 0 Å². The molecule has 1 aliphatic rings. The second-order valence-corrected chi connectivity index (χ2v) is 5.74. The fourth-order valence-corrected chi connectivity index (χ4v) is 2.71. The number of methoxy groups -OCH3 is 1. The van der Waals surface area contributed by atoms with Crippen molar-refractivity contribution in [2.45, 2.75) is 0 Å². The number of hydrogen-bond donors (Lipinski definition) is 1. The largest absolute Gasteiger partial charge is 0.495 e. The molecular formula is C18H12ClFN2O4. The van der Waals surface area contributed by atoms with Crippen LogP contribution in [0, 0.1) is 5.82 Å². The lowest BCUT2D eigenvalue weighted by Crippen LogP contribution is -2.54. The zero-order valence-corrected chi connectivity index (χ0v) is 14.2. The van der Waals surface area contributed by atoms with E-state index in [0.29, 0.717) is 21.2 Å². The van der Waals surface area contributed by atoms with Crippen molar-refractivity contribution >= 4 is 41.2 Å². The molecule has 26 heavy (non-hydrogen) atoms. The van der Waals surface area contributed by atoms with Crippen LogP contribution in [0.1, 0.15) is 5.56 Å².